The van der Waals surface area contributed by atoms with Gasteiger partial charge in [-0.1, -0.05) is 11.2 Å². The van der Waals surface area contributed by atoms with Crippen molar-refractivity contribution in [2.75, 3.05) is 5.73 Å². The number of pyridine rings is 1. The first kappa shape index (κ1) is 10.9. The zero-order valence-electron chi connectivity index (χ0n) is 9.41. The van der Waals surface area contributed by atoms with Crippen molar-refractivity contribution in [1.82, 2.24) is 15.1 Å². The summed E-state index contributed by atoms with van der Waals surface area (Å²) in [6.07, 6.45) is 4.14. The van der Waals surface area contributed by atoms with E-state index in [1.807, 2.05) is 24.3 Å². The first-order chi connectivity index (χ1) is 8.81. The molecule has 0 aliphatic rings. The van der Waals surface area contributed by atoms with Crippen molar-refractivity contribution in [2.24, 2.45) is 0 Å². The fourth-order valence-electron chi connectivity index (χ4n) is 1.58. The third kappa shape index (κ3) is 2.23. The Hall–Kier alpha value is -2.21. The minimum Gasteiger partial charge on any atom is -0.391 e. The number of hydrogen-bond acceptors (Lipinski definition) is 6. The monoisotopic (exact) mass is 258 g/mol. The molecule has 0 fully saturated rings. The van der Waals surface area contributed by atoms with Gasteiger partial charge in [0.05, 0.1) is 9.88 Å². The number of nitrogen functional groups attached to an aromatic ring is 1. The smallest absolute Gasteiger partial charge is 0.268 e. The highest BCUT2D eigenvalue weighted by atomic mass is 32.1. The Morgan fingerprint density at radius 1 is 1.28 bits per heavy atom. The van der Waals surface area contributed by atoms with Gasteiger partial charge in [-0.15, -0.1) is 11.3 Å². The minimum absolute atomic E-state index is 0.510. The summed E-state index contributed by atoms with van der Waals surface area (Å²) in [6, 6.07) is 7.56. The van der Waals surface area contributed by atoms with E-state index in [0.717, 1.165) is 15.4 Å². The molecule has 0 aliphatic carbocycles. The second kappa shape index (κ2) is 4.58. The third-order valence-corrected chi connectivity index (χ3v) is 3.29. The molecule has 0 amide bonds. The standard InChI is InChI=1S/C12H10N4OS/c13-10-4-3-9(18-10)12-15-11(16-17-12)6-8-2-1-5-14-7-8/h1-5,7H,6,13H2. The highest BCUT2D eigenvalue weighted by Gasteiger charge is 2.11. The number of aromatic nitrogens is 3. The normalized spacial score (nSPS) is 10.7. The number of thiophene rings is 1. The van der Waals surface area contributed by atoms with Crippen molar-refractivity contribution in [3.63, 3.8) is 0 Å². The maximum Gasteiger partial charge on any atom is 0.268 e. The summed E-state index contributed by atoms with van der Waals surface area (Å²) < 4.78 is 5.21. The Kier molecular flexibility index (Phi) is 2.77. The highest BCUT2D eigenvalue weighted by Crippen LogP contribution is 2.28. The van der Waals surface area contributed by atoms with E-state index < -0.39 is 0 Å². The Morgan fingerprint density at radius 3 is 2.94 bits per heavy atom. The first-order valence-corrected chi connectivity index (χ1v) is 6.20. The topological polar surface area (TPSA) is 77.8 Å². The number of nitrogens with zero attached hydrogens (tertiary/aromatic N) is 3. The van der Waals surface area contributed by atoms with Crippen LogP contribution in [0.25, 0.3) is 10.8 Å². The van der Waals surface area contributed by atoms with Crippen molar-refractivity contribution in [1.29, 1.82) is 0 Å². The van der Waals surface area contributed by atoms with Gasteiger partial charge in [-0.3, -0.25) is 4.98 Å². The molecule has 3 heterocycles. The fourth-order valence-corrected chi connectivity index (χ4v) is 2.28. The molecule has 0 atom stereocenters. The number of hydrogen-bond donors (Lipinski definition) is 1. The second-order valence-corrected chi connectivity index (χ2v) is 4.87. The van der Waals surface area contributed by atoms with Crippen molar-refractivity contribution in [2.45, 2.75) is 6.42 Å². The molecule has 3 aromatic heterocycles. The molecular weight excluding hydrogens is 248 g/mol. The SMILES string of the molecule is Nc1ccc(-c2nc(Cc3cccnc3)no2)s1. The van der Waals surface area contributed by atoms with Crippen LogP contribution in [0.1, 0.15) is 11.4 Å². The van der Waals surface area contributed by atoms with Crippen LogP contribution in [0.15, 0.2) is 41.2 Å². The maximum atomic E-state index is 5.67. The molecule has 0 aromatic carbocycles. The molecule has 3 aromatic rings. The van der Waals surface area contributed by atoms with E-state index in [4.69, 9.17) is 10.3 Å². The predicted molar refractivity (Wildman–Crippen MR) is 69.1 cm³/mol. The second-order valence-electron chi connectivity index (χ2n) is 3.76. The molecule has 2 N–H and O–H groups in total. The van der Waals surface area contributed by atoms with Gasteiger partial charge in [0.1, 0.15) is 0 Å². The van der Waals surface area contributed by atoms with E-state index in [1.54, 1.807) is 12.4 Å². The largest absolute Gasteiger partial charge is 0.391 e. The minimum atomic E-state index is 0.510. The summed E-state index contributed by atoms with van der Waals surface area (Å²) in [7, 11) is 0. The number of rotatable bonds is 3. The summed E-state index contributed by atoms with van der Waals surface area (Å²) in [5.74, 6) is 1.15. The number of anilines is 1. The van der Waals surface area contributed by atoms with Crippen LogP contribution >= 0.6 is 11.3 Å². The van der Waals surface area contributed by atoms with Crippen LogP contribution in [-0.2, 0) is 6.42 Å². The molecular formula is C12H10N4OS. The summed E-state index contributed by atoms with van der Waals surface area (Å²) in [4.78, 5) is 9.27. The highest BCUT2D eigenvalue weighted by molar-refractivity contribution is 7.19. The molecule has 0 unspecified atom stereocenters. The van der Waals surface area contributed by atoms with Crippen LogP contribution < -0.4 is 5.73 Å². The average Bonchev–Trinajstić information content (AvgIpc) is 2.99. The van der Waals surface area contributed by atoms with Gasteiger partial charge < -0.3 is 10.3 Å². The molecule has 3 rings (SSSR count). The van der Waals surface area contributed by atoms with E-state index in [9.17, 15) is 0 Å². The molecule has 0 spiro atoms. The summed E-state index contributed by atoms with van der Waals surface area (Å²) >= 11 is 1.43. The van der Waals surface area contributed by atoms with Gasteiger partial charge in [0.25, 0.3) is 5.89 Å². The lowest BCUT2D eigenvalue weighted by molar-refractivity contribution is 0.424. The van der Waals surface area contributed by atoms with Crippen LogP contribution in [-0.4, -0.2) is 15.1 Å². The van der Waals surface area contributed by atoms with E-state index in [0.29, 0.717) is 18.1 Å². The zero-order chi connectivity index (χ0) is 12.4. The van der Waals surface area contributed by atoms with E-state index in [2.05, 4.69) is 15.1 Å². The molecule has 0 bridgehead atoms. The first-order valence-electron chi connectivity index (χ1n) is 5.38. The zero-order valence-corrected chi connectivity index (χ0v) is 10.2. The maximum absolute atomic E-state index is 5.67. The quantitative estimate of drug-likeness (QED) is 0.780. The molecule has 5 nitrogen and oxygen atoms in total. The van der Waals surface area contributed by atoms with Gasteiger partial charge in [0.2, 0.25) is 0 Å². The van der Waals surface area contributed by atoms with Crippen LogP contribution in [0, 0.1) is 0 Å². The molecule has 6 heteroatoms. The molecule has 0 radical (unpaired) electrons. The van der Waals surface area contributed by atoms with Gasteiger partial charge in [-0.25, -0.2) is 0 Å². The molecule has 90 valence electrons. The molecule has 0 saturated heterocycles. The van der Waals surface area contributed by atoms with Gasteiger partial charge in [0.15, 0.2) is 5.82 Å². The fraction of sp³-hybridized carbons (Fsp3) is 0.0833. The van der Waals surface area contributed by atoms with Crippen LogP contribution in [0.3, 0.4) is 0 Å². The Labute approximate surface area is 107 Å². The molecule has 18 heavy (non-hydrogen) atoms. The Bertz CT molecular complexity index is 647. The van der Waals surface area contributed by atoms with Crippen LogP contribution in [0.4, 0.5) is 5.00 Å². The van der Waals surface area contributed by atoms with Crippen LogP contribution in [0.2, 0.25) is 0 Å². The Balaban J connectivity index is 1.82. The van der Waals surface area contributed by atoms with Gasteiger partial charge in [0, 0.05) is 18.8 Å². The van der Waals surface area contributed by atoms with Crippen molar-refractivity contribution < 1.29 is 4.52 Å². The molecule has 0 aliphatic heterocycles. The summed E-state index contributed by atoms with van der Waals surface area (Å²) in [6.45, 7) is 0. The lowest BCUT2D eigenvalue weighted by atomic mass is 10.2. The lowest BCUT2D eigenvalue weighted by Gasteiger charge is -1.93. The lowest BCUT2D eigenvalue weighted by Crippen LogP contribution is -1.90. The summed E-state index contributed by atoms with van der Waals surface area (Å²) in [5.41, 5.74) is 6.72. The summed E-state index contributed by atoms with van der Waals surface area (Å²) in [5, 5.41) is 4.68. The van der Waals surface area contributed by atoms with Gasteiger partial charge in [-0.05, 0) is 23.8 Å². The van der Waals surface area contributed by atoms with E-state index >= 15 is 0 Å². The van der Waals surface area contributed by atoms with Gasteiger partial charge >= 0.3 is 0 Å². The van der Waals surface area contributed by atoms with Crippen LogP contribution in [0.5, 0.6) is 0 Å². The Morgan fingerprint density at radius 2 is 2.22 bits per heavy atom. The third-order valence-electron chi connectivity index (χ3n) is 2.39. The van der Waals surface area contributed by atoms with Crippen molar-refractivity contribution in [3.05, 3.63) is 48.0 Å². The van der Waals surface area contributed by atoms with E-state index in [-0.39, 0.29) is 0 Å². The van der Waals surface area contributed by atoms with E-state index in [1.165, 1.54) is 11.3 Å². The average molecular weight is 258 g/mol. The number of nitrogens with two attached hydrogens (primary N) is 1. The predicted octanol–water partition coefficient (Wildman–Crippen LogP) is 2.37. The van der Waals surface area contributed by atoms with Gasteiger partial charge in [-0.2, -0.15) is 4.98 Å². The molecule has 0 saturated carbocycles. The van der Waals surface area contributed by atoms with Crippen molar-refractivity contribution in [3.8, 4) is 10.8 Å². The van der Waals surface area contributed by atoms with Crippen molar-refractivity contribution >= 4 is 16.3 Å².